The van der Waals surface area contributed by atoms with Crippen molar-refractivity contribution in [1.82, 2.24) is 0 Å². The fourth-order valence-corrected chi connectivity index (χ4v) is 2.89. The normalized spacial score (nSPS) is 10.8. The molecule has 5 nitrogen and oxygen atoms in total. The Morgan fingerprint density at radius 2 is 1.82 bits per heavy atom. The number of anilines is 1. The maximum Gasteiger partial charge on any atom is 0.349 e. The SMILES string of the molecule is CCCCc1ccc(NC(=O)c2cc3ccc(OCCC)cc3oc2=O)cc1. The molecule has 0 atom stereocenters. The first-order valence-electron chi connectivity index (χ1n) is 9.71. The van der Waals surface area contributed by atoms with Gasteiger partial charge in [0.05, 0.1) is 6.61 Å². The molecule has 0 saturated carbocycles. The lowest BCUT2D eigenvalue weighted by Crippen LogP contribution is -2.20. The van der Waals surface area contributed by atoms with Crippen LogP contribution in [0, 0.1) is 0 Å². The molecule has 1 heterocycles. The van der Waals surface area contributed by atoms with Crippen LogP contribution in [-0.4, -0.2) is 12.5 Å². The minimum absolute atomic E-state index is 0.0233. The van der Waals surface area contributed by atoms with Gasteiger partial charge in [-0.3, -0.25) is 4.79 Å². The summed E-state index contributed by atoms with van der Waals surface area (Å²) in [6.45, 7) is 4.76. The van der Waals surface area contributed by atoms with Gasteiger partial charge in [-0.15, -0.1) is 0 Å². The van der Waals surface area contributed by atoms with Crippen molar-refractivity contribution in [1.29, 1.82) is 0 Å². The molecule has 0 aliphatic heterocycles. The van der Waals surface area contributed by atoms with Crippen molar-refractivity contribution in [3.63, 3.8) is 0 Å². The molecule has 2 aromatic carbocycles. The largest absolute Gasteiger partial charge is 0.493 e. The summed E-state index contributed by atoms with van der Waals surface area (Å²) in [5.41, 5.74) is 1.58. The molecule has 0 aliphatic carbocycles. The third kappa shape index (κ3) is 4.80. The van der Waals surface area contributed by atoms with Crippen molar-refractivity contribution in [2.75, 3.05) is 11.9 Å². The maximum absolute atomic E-state index is 12.5. The molecule has 1 N–H and O–H groups in total. The molecule has 1 amide bonds. The van der Waals surface area contributed by atoms with Crippen LogP contribution in [0.25, 0.3) is 11.0 Å². The van der Waals surface area contributed by atoms with E-state index in [1.165, 1.54) is 5.56 Å². The Kier molecular flexibility index (Phi) is 6.48. The van der Waals surface area contributed by atoms with Gasteiger partial charge in [-0.05, 0) is 55.2 Å². The molecule has 3 aromatic rings. The predicted molar refractivity (Wildman–Crippen MR) is 111 cm³/mol. The van der Waals surface area contributed by atoms with Gasteiger partial charge in [-0.1, -0.05) is 32.4 Å². The van der Waals surface area contributed by atoms with Gasteiger partial charge in [-0.25, -0.2) is 4.79 Å². The minimum atomic E-state index is -0.669. The number of carbonyl (C=O) groups excluding carboxylic acids is 1. The molecule has 1 aromatic heterocycles. The Morgan fingerprint density at radius 1 is 1.04 bits per heavy atom. The minimum Gasteiger partial charge on any atom is -0.493 e. The summed E-state index contributed by atoms with van der Waals surface area (Å²) in [5, 5.41) is 3.43. The van der Waals surface area contributed by atoms with E-state index in [0.29, 0.717) is 29.0 Å². The lowest BCUT2D eigenvalue weighted by molar-refractivity contribution is 0.102. The monoisotopic (exact) mass is 379 g/mol. The van der Waals surface area contributed by atoms with Gasteiger partial charge in [0.25, 0.3) is 5.91 Å². The van der Waals surface area contributed by atoms with E-state index in [1.807, 2.05) is 31.2 Å². The summed E-state index contributed by atoms with van der Waals surface area (Å²) in [7, 11) is 0. The van der Waals surface area contributed by atoms with Crippen LogP contribution in [0.5, 0.6) is 5.75 Å². The molecule has 0 radical (unpaired) electrons. The first-order chi connectivity index (χ1) is 13.6. The van der Waals surface area contributed by atoms with Gasteiger partial charge < -0.3 is 14.5 Å². The van der Waals surface area contributed by atoms with Crippen molar-refractivity contribution in [2.45, 2.75) is 39.5 Å². The topological polar surface area (TPSA) is 68.5 Å². The third-order valence-corrected chi connectivity index (χ3v) is 4.46. The van der Waals surface area contributed by atoms with Crippen molar-refractivity contribution in [3.05, 3.63) is 70.1 Å². The van der Waals surface area contributed by atoms with E-state index in [4.69, 9.17) is 9.15 Å². The Bertz CT molecular complexity index is 1010. The molecular formula is C23H25NO4. The van der Waals surface area contributed by atoms with Crippen molar-refractivity contribution < 1.29 is 13.9 Å². The molecule has 0 unspecified atom stereocenters. The zero-order valence-corrected chi connectivity index (χ0v) is 16.3. The van der Waals surface area contributed by atoms with Crippen molar-refractivity contribution in [2.24, 2.45) is 0 Å². The summed E-state index contributed by atoms with van der Waals surface area (Å²) in [6, 6.07) is 14.5. The van der Waals surface area contributed by atoms with Gasteiger partial charge in [0, 0.05) is 17.1 Å². The second-order valence-electron chi connectivity index (χ2n) is 6.75. The zero-order valence-electron chi connectivity index (χ0n) is 16.3. The standard InChI is InChI=1S/C23H25NO4/c1-3-5-6-16-7-10-18(11-8-16)24-22(25)20-14-17-9-12-19(27-13-4-2)15-21(17)28-23(20)26/h7-12,14-15H,3-6,13H2,1-2H3,(H,24,25). The van der Waals surface area contributed by atoms with Crippen molar-refractivity contribution in [3.8, 4) is 5.75 Å². The molecule has 0 aliphatic rings. The number of aryl methyl sites for hydroxylation is 1. The summed E-state index contributed by atoms with van der Waals surface area (Å²) in [4.78, 5) is 24.8. The molecule has 146 valence electrons. The van der Waals surface area contributed by atoms with Gasteiger partial charge in [-0.2, -0.15) is 0 Å². The first-order valence-corrected chi connectivity index (χ1v) is 9.71. The van der Waals surface area contributed by atoms with Crippen molar-refractivity contribution >= 4 is 22.6 Å². The van der Waals surface area contributed by atoms with Crippen LogP contribution in [0.3, 0.4) is 0 Å². The molecular weight excluding hydrogens is 354 g/mol. The summed E-state index contributed by atoms with van der Waals surface area (Å²) >= 11 is 0. The number of fused-ring (bicyclic) bond motifs is 1. The average Bonchev–Trinajstić information content (AvgIpc) is 2.71. The Hall–Kier alpha value is -3.08. The molecule has 0 saturated heterocycles. The number of ether oxygens (including phenoxy) is 1. The number of unbranched alkanes of at least 4 members (excludes halogenated alkanes) is 1. The fourth-order valence-electron chi connectivity index (χ4n) is 2.89. The van der Waals surface area contributed by atoms with Crippen LogP contribution in [0.2, 0.25) is 0 Å². The quantitative estimate of drug-likeness (QED) is 0.548. The molecule has 5 heteroatoms. The highest BCUT2D eigenvalue weighted by atomic mass is 16.5. The van der Waals surface area contributed by atoms with Crippen LogP contribution in [0.15, 0.2) is 57.7 Å². The van der Waals surface area contributed by atoms with Crippen LogP contribution in [0.4, 0.5) is 5.69 Å². The van der Waals surface area contributed by atoms with Gasteiger partial charge in [0.2, 0.25) is 0 Å². The number of hydrogen-bond acceptors (Lipinski definition) is 4. The van der Waals surface area contributed by atoms with E-state index in [-0.39, 0.29) is 5.56 Å². The second-order valence-corrected chi connectivity index (χ2v) is 6.75. The predicted octanol–water partition coefficient (Wildman–Crippen LogP) is 5.18. The molecule has 0 spiro atoms. The van der Waals surface area contributed by atoms with Crippen LogP contribution in [-0.2, 0) is 6.42 Å². The molecule has 0 bridgehead atoms. The van der Waals surface area contributed by atoms with E-state index < -0.39 is 11.5 Å². The third-order valence-electron chi connectivity index (χ3n) is 4.46. The van der Waals surface area contributed by atoms with Gasteiger partial charge in [0.1, 0.15) is 16.9 Å². The Morgan fingerprint density at radius 3 is 2.54 bits per heavy atom. The first kappa shape index (κ1) is 19.7. The zero-order chi connectivity index (χ0) is 19.9. The molecule has 3 rings (SSSR count). The fraction of sp³-hybridized carbons (Fsp3) is 0.304. The molecule has 28 heavy (non-hydrogen) atoms. The number of amides is 1. The smallest absolute Gasteiger partial charge is 0.349 e. The number of benzene rings is 2. The molecule has 0 fully saturated rings. The van der Waals surface area contributed by atoms with E-state index >= 15 is 0 Å². The average molecular weight is 379 g/mol. The van der Waals surface area contributed by atoms with E-state index in [0.717, 1.165) is 25.7 Å². The lowest BCUT2D eigenvalue weighted by Gasteiger charge is -2.08. The maximum atomic E-state index is 12.5. The number of hydrogen-bond donors (Lipinski definition) is 1. The Balaban J connectivity index is 1.77. The number of rotatable bonds is 8. The van der Waals surface area contributed by atoms with E-state index in [2.05, 4.69) is 12.2 Å². The van der Waals surface area contributed by atoms with Crippen LogP contribution < -0.4 is 15.7 Å². The van der Waals surface area contributed by atoms with Crippen LogP contribution in [0.1, 0.15) is 49.0 Å². The highest BCUT2D eigenvalue weighted by Gasteiger charge is 2.14. The number of carbonyl (C=O) groups is 1. The summed E-state index contributed by atoms with van der Waals surface area (Å²) in [5.74, 6) is 0.154. The van der Waals surface area contributed by atoms with E-state index in [9.17, 15) is 9.59 Å². The van der Waals surface area contributed by atoms with E-state index in [1.54, 1.807) is 24.3 Å². The second kappa shape index (κ2) is 9.22. The van der Waals surface area contributed by atoms with Crippen LogP contribution >= 0.6 is 0 Å². The lowest BCUT2D eigenvalue weighted by atomic mass is 10.1. The van der Waals surface area contributed by atoms with Gasteiger partial charge >= 0.3 is 5.63 Å². The van der Waals surface area contributed by atoms with Gasteiger partial charge in [0.15, 0.2) is 0 Å². The Labute approximate surface area is 164 Å². The highest BCUT2D eigenvalue weighted by molar-refractivity contribution is 6.05. The summed E-state index contributed by atoms with van der Waals surface area (Å²) < 4.78 is 10.9. The number of nitrogens with one attached hydrogen (secondary N) is 1. The summed E-state index contributed by atoms with van der Waals surface area (Å²) in [6.07, 6.45) is 4.18. The highest BCUT2D eigenvalue weighted by Crippen LogP contribution is 2.21.